The summed E-state index contributed by atoms with van der Waals surface area (Å²) in [6, 6.07) is 10.7. The maximum atomic E-state index is 13.6. The van der Waals surface area contributed by atoms with Crippen molar-refractivity contribution in [2.24, 2.45) is 0 Å². The highest BCUT2D eigenvalue weighted by Crippen LogP contribution is 2.26. The van der Waals surface area contributed by atoms with E-state index in [-0.39, 0.29) is 18.0 Å². The highest BCUT2D eigenvalue weighted by atomic mass is 79.9. The van der Waals surface area contributed by atoms with E-state index in [1.807, 2.05) is 0 Å². The van der Waals surface area contributed by atoms with Gasteiger partial charge < -0.3 is 5.11 Å². The fourth-order valence-corrected chi connectivity index (χ4v) is 3.54. The van der Waals surface area contributed by atoms with Gasteiger partial charge in [0.05, 0.1) is 18.0 Å². The fourth-order valence-electron chi connectivity index (χ4n) is 1.75. The lowest BCUT2D eigenvalue weighted by atomic mass is 10.2. The zero-order valence-electron chi connectivity index (χ0n) is 10.9. The number of anilines is 1. The molecule has 2 aromatic carbocycles. The van der Waals surface area contributed by atoms with Gasteiger partial charge in [-0.1, -0.05) is 30.3 Å². The second kappa shape index (κ2) is 6.55. The molecule has 21 heavy (non-hydrogen) atoms. The van der Waals surface area contributed by atoms with E-state index in [1.54, 1.807) is 30.3 Å². The van der Waals surface area contributed by atoms with E-state index in [0.717, 1.165) is 0 Å². The molecule has 2 aromatic rings. The summed E-state index contributed by atoms with van der Waals surface area (Å²) < 4.78 is 40.4. The molecular weight excluding hydrogens is 361 g/mol. The van der Waals surface area contributed by atoms with E-state index in [0.29, 0.717) is 15.6 Å². The largest absolute Gasteiger partial charge is 0.392 e. The van der Waals surface area contributed by atoms with Crippen LogP contribution in [0.5, 0.6) is 0 Å². The quantitative estimate of drug-likeness (QED) is 0.846. The number of aliphatic hydroxyl groups excluding tert-OH is 1. The molecule has 0 aliphatic carbocycles. The third-order valence-electron chi connectivity index (χ3n) is 2.78. The van der Waals surface area contributed by atoms with Crippen LogP contribution < -0.4 is 4.72 Å². The van der Waals surface area contributed by atoms with E-state index >= 15 is 0 Å². The molecule has 0 bridgehead atoms. The summed E-state index contributed by atoms with van der Waals surface area (Å²) in [6.45, 7) is -0.104. The molecule has 0 atom stereocenters. The van der Waals surface area contributed by atoms with Crippen molar-refractivity contribution in [3.8, 4) is 0 Å². The van der Waals surface area contributed by atoms with Crippen LogP contribution in [0.25, 0.3) is 0 Å². The highest BCUT2D eigenvalue weighted by molar-refractivity contribution is 9.10. The van der Waals surface area contributed by atoms with Crippen LogP contribution in [0.3, 0.4) is 0 Å². The van der Waals surface area contributed by atoms with Crippen molar-refractivity contribution in [2.45, 2.75) is 12.4 Å². The van der Waals surface area contributed by atoms with Gasteiger partial charge in [-0.2, -0.15) is 0 Å². The second-order valence-electron chi connectivity index (χ2n) is 4.43. The van der Waals surface area contributed by atoms with E-state index in [4.69, 9.17) is 5.11 Å². The molecule has 0 unspecified atom stereocenters. The molecule has 112 valence electrons. The molecule has 2 rings (SSSR count). The van der Waals surface area contributed by atoms with Gasteiger partial charge in [-0.05, 0) is 39.2 Å². The van der Waals surface area contributed by atoms with Gasteiger partial charge in [0.15, 0.2) is 0 Å². The van der Waals surface area contributed by atoms with Gasteiger partial charge in [0.2, 0.25) is 10.0 Å². The minimum Gasteiger partial charge on any atom is -0.392 e. The number of para-hydroxylation sites is 1. The van der Waals surface area contributed by atoms with Crippen LogP contribution in [-0.2, 0) is 22.4 Å². The van der Waals surface area contributed by atoms with Gasteiger partial charge >= 0.3 is 0 Å². The molecule has 0 saturated heterocycles. The van der Waals surface area contributed by atoms with Gasteiger partial charge in [0.1, 0.15) is 5.82 Å². The molecule has 7 heteroatoms. The Morgan fingerprint density at radius 1 is 1.10 bits per heavy atom. The van der Waals surface area contributed by atoms with Crippen LogP contribution in [0, 0.1) is 5.82 Å². The molecule has 0 radical (unpaired) electrons. The number of sulfonamides is 1. The summed E-state index contributed by atoms with van der Waals surface area (Å²) in [5.74, 6) is -0.928. The Bertz CT molecular complexity index is 712. The molecule has 0 aromatic heterocycles. The molecule has 0 amide bonds. The summed E-state index contributed by atoms with van der Waals surface area (Å²) in [4.78, 5) is 0. The minimum atomic E-state index is -3.73. The topological polar surface area (TPSA) is 66.4 Å². The third kappa shape index (κ3) is 4.26. The Morgan fingerprint density at radius 2 is 1.71 bits per heavy atom. The molecule has 0 aliphatic rings. The number of benzene rings is 2. The number of rotatable bonds is 5. The summed E-state index contributed by atoms with van der Waals surface area (Å²) in [5, 5.41) is 8.94. The first-order valence-corrected chi connectivity index (χ1v) is 8.49. The van der Waals surface area contributed by atoms with Gasteiger partial charge in [-0.3, -0.25) is 4.72 Å². The summed E-state index contributed by atoms with van der Waals surface area (Å²) >= 11 is 3.11. The van der Waals surface area contributed by atoms with E-state index in [9.17, 15) is 12.8 Å². The maximum Gasteiger partial charge on any atom is 0.237 e. The van der Waals surface area contributed by atoms with E-state index in [1.165, 1.54) is 12.1 Å². The monoisotopic (exact) mass is 373 g/mol. The first-order chi connectivity index (χ1) is 9.91. The first-order valence-electron chi connectivity index (χ1n) is 6.04. The van der Waals surface area contributed by atoms with Crippen molar-refractivity contribution < 1.29 is 17.9 Å². The Kier molecular flexibility index (Phi) is 4.97. The lowest BCUT2D eigenvalue weighted by Crippen LogP contribution is -2.16. The highest BCUT2D eigenvalue weighted by Gasteiger charge is 2.16. The molecule has 2 N–H and O–H groups in total. The smallest absolute Gasteiger partial charge is 0.237 e. The molecule has 0 fully saturated rings. The number of hydrogen-bond donors (Lipinski definition) is 2. The van der Waals surface area contributed by atoms with Crippen LogP contribution in [-0.4, -0.2) is 13.5 Å². The zero-order valence-corrected chi connectivity index (χ0v) is 13.3. The van der Waals surface area contributed by atoms with Crippen LogP contribution in [0.4, 0.5) is 10.1 Å². The van der Waals surface area contributed by atoms with Crippen molar-refractivity contribution in [3.05, 3.63) is 63.9 Å². The Hall–Kier alpha value is -1.44. The van der Waals surface area contributed by atoms with E-state index in [2.05, 4.69) is 20.7 Å². The normalized spacial score (nSPS) is 11.4. The van der Waals surface area contributed by atoms with Crippen molar-refractivity contribution in [2.75, 3.05) is 4.72 Å². The Balaban J connectivity index is 2.18. The second-order valence-corrected chi connectivity index (χ2v) is 7.01. The third-order valence-corrected chi connectivity index (χ3v) is 4.67. The first kappa shape index (κ1) is 15.9. The van der Waals surface area contributed by atoms with Gasteiger partial charge in [0, 0.05) is 4.47 Å². The number of nitrogens with one attached hydrogen (secondary N) is 1. The fraction of sp³-hybridized carbons (Fsp3) is 0.143. The molecule has 0 saturated carbocycles. The van der Waals surface area contributed by atoms with Crippen LogP contribution in [0.15, 0.2) is 46.9 Å². The summed E-state index contributed by atoms with van der Waals surface area (Å²) in [7, 11) is -3.73. The average Bonchev–Trinajstić information content (AvgIpc) is 2.43. The summed E-state index contributed by atoms with van der Waals surface area (Å²) in [6.07, 6.45) is 0. The molecular formula is C14H13BrFNO3S. The lowest BCUT2D eigenvalue weighted by Gasteiger charge is -2.11. The lowest BCUT2D eigenvalue weighted by molar-refractivity contribution is 0.282. The minimum absolute atomic E-state index is 0.104. The van der Waals surface area contributed by atoms with Crippen molar-refractivity contribution >= 4 is 31.6 Å². The van der Waals surface area contributed by atoms with Crippen LogP contribution in [0.1, 0.15) is 11.1 Å². The predicted octanol–water partition coefficient (Wildman–Crippen LogP) is 3.02. The molecule has 4 nitrogen and oxygen atoms in total. The van der Waals surface area contributed by atoms with Crippen molar-refractivity contribution in [3.63, 3.8) is 0 Å². The predicted molar refractivity (Wildman–Crippen MR) is 82.7 cm³/mol. The summed E-state index contributed by atoms with van der Waals surface area (Å²) in [5.41, 5.74) is 1.14. The van der Waals surface area contributed by atoms with Gasteiger partial charge in [-0.25, -0.2) is 12.8 Å². The molecule has 0 heterocycles. The average molecular weight is 374 g/mol. The van der Waals surface area contributed by atoms with E-state index < -0.39 is 15.8 Å². The number of halogens is 2. The zero-order chi connectivity index (χ0) is 15.5. The van der Waals surface area contributed by atoms with Gasteiger partial charge in [0.25, 0.3) is 0 Å². The van der Waals surface area contributed by atoms with Crippen LogP contribution >= 0.6 is 15.9 Å². The van der Waals surface area contributed by atoms with Crippen molar-refractivity contribution in [1.29, 1.82) is 0 Å². The Labute approximate surface area is 130 Å². The number of hydrogen-bond acceptors (Lipinski definition) is 3. The maximum absolute atomic E-state index is 13.6. The van der Waals surface area contributed by atoms with Crippen LogP contribution in [0.2, 0.25) is 0 Å². The molecule has 0 spiro atoms. The SMILES string of the molecule is O=S(=O)(Cc1ccc(CO)cc1)Nc1c(F)cccc1Br. The van der Waals surface area contributed by atoms with Crippen molar-refractivity contribution in [1.82, 2.24) is 0 Å². The number of aliphatic hydroxyl groups is 1. The Morgan fingerprint density at radius 3 is 2.29 bits per heavy atom. The molecule has 0 aliphatic heterocycles. The standard InChI is InChI=1S/C14H13BrFNO3S/c15-12-2-1-3-13(16)14(12)17-21(19,20)9-11-6-4-10(8-18)5-7-11/h1-7,17-18H,8-9H2. The van der Waals surface area contributed by atoms with Gasteiger partial charge in [-0.15, -0.1) is 0 Å².